The van der Waals surface area contributed by atoms with E-state index < -0.39 is 0 Å². The Labute approximate surface area is 84.0 Å². The van der Waals surface area contributed by atoms with E-state index in [1.54, 1.807) is 6.33 Å². The van der Waals surface area contributed by atoms with Crippen molar-refractivity contribution in [3.63, 3.8) is 0 Å². The molecule has 0 bridgehead atoms. The lowest BCUT2D eigenvalue weighted by atomic mass is 10.2. The average Bonchev–Trinajstić information content (AvgIpc) is 2.69. The van der Waals surface area contributed by atoms with Crippen LogP contribution < -0.4 is 5.32 Å². The Kier molecular flexibility index (Phi) is 1.72. The summed E-state index contributed by atoms with van der Waals surface area (Å²) in [5.74, 6) is 1.92. The lowest BCUT2D eigenvalue weighted by Gasteiger charge is -2.08. The third kappa shape index (κ3) is 1.27. The molecule has 0 aliphatic heterocycles. The van der Waals surface area contributed by atoms with Gasteiger partial charge in [0.15, 0.2) is 0 Å². The highest BCUT2D eigenvalue weighted by Crippen LogP contribution is 2.34. The highest BCUT2D eigenvalue weighted by molar-refractivity contribution is 5.49. The fraction of sp³-hybridized carbons (Fsp3) is 0.636. The van der Waals surface area contributed by atoms with Crippen LogP contribution in [0.4, 0.5) is 5.82 Å². The zero-order valence-electron chi connectivity index (χ0n) is 8.45. The van der Waals surface area contributed by atoms with Gasteiger partial charge in [0.2, 0.25) is 0 Å². The summed E-state index contributed by atoms with van der Waals surface area (Å²) >= 11 is 0. The van der Waals surface area contributed by atoms with Gasteiger partial charge in [0.1, 0.15) is 12.1 Å². The summed E-state index contributed by atoms with van der Waals surface area (Å²) in [7, 11) is 0. The lowest BCUT2D eigenvalue weighted by Crippen LogP contribution is -2.08. The van der Waals surface area contributed by atoms with Gasteiger partial charge in [-0.2, -0.15) is 0 Å². The summed E-state index contributed by atoms with van der Waals surface area (Å²) in [6.07, 6.45) is 6.51. The maximum absolute atomic E-state index is 4.34. The fourth-order valence-electron chi connectivity index (χ4n) is 2.18. The molecule has 1 saturated carbocycles. The van der Waals surface area contributed by atoms with E-state index in [1.165, 1.54) is 24.1 Å². The van der Waals surface area contributed by atoms with Crippen LogP contribution >= 0.6 is 0 Å². The second-order valence-electron chi connectivity index (χ2n) is 4.46. The molecule has 0 aromatic carbocycles. The quantitative estimate of drug-likeness (QED) is 0.770. The lowest BCUT2D eigenvalue weighted by molar-refractivity contribution is 0.897. The molecular formula is C11H15N3. The number of fused-ring (bicyclic) bond motifs is 1. The molecule has 3 heteroatoms. The van der Waals surface area contributed by atoms with Crippen molar-refractivity contribution >= 4 is 5.82 Å². The van der Waals surface area contributed by atoms with Crippen LogP contribution in [0.3, 0.4) is 0 Å². The number of nitrogens with zero attached hydrogens (tertiary/aromatic N) is 2. The minimum absolute atomic E-state index is 0.662. The molecule has 1 fully saturated rings. The van der Waals surface area contributed by atoms with Gasteiger partial charge in [0.25, 0.3) is 0 Å². The van der Waals surface area contributed by atoms with Crippen molar-refractivity contribution in [2.45, 2.75) is 38.6 Å². The zero-order chi connectivity index (χ0) is 9.54. The first-order valence-electron chi connectivity index (χ1n) is 5.44. The molecule has 1 aromatic heterocycles. The summed E-state index contributed by atoms with van der Waals surface area (Å²) in [6, 6.07) is 0.662. The number of aromatic nitrogens is 2. The number of hydrogen-bond donors (Lipinski definition) is 1. The first-order valence-corrected chi connectivity index (χ1v) is 5.44. The van der Waals surface area contributed by atoms with Crippen molar-refractivity contribution in [1.29, 1.82) is 0 Å². The standard InChI is InChI=1S/C11H15N3/c1-7-5-10(7)14-11-8-3-2-4-9(8)12-6-13-11/h6-7,10H,2-5H2,1H3,(H,12,13,14). The molecule has 74 valence electrons. The molecule has 2 aliphatic carbocycles. The number of anilines is 1. The van der Waals surface area contributed by atoms with Gasteiger partial charge in [-0.1, -0.05) is 6.92 Å². The number of rotatable bonds is 2. The van der Waals surface area contributed by atoms with Gasteiger partial charge in [-0.05, 0) is 31.6 Å². The second kappa shape index (κ2) is 2.94. The summed E-state index contributed by atoms with van der Waals surface area (Å²) in [4.78, 5) is 8.66. The van der Waals surface area contributed by atoms with Gasteiger partial charge in [-0.3, -0.25) is 0 Å². The zero-order valence-corrected chi connectivity index (χ0v) is 8.45. The van der Waals surface area contributed by atoms with Gasteiger partial charge < -0.3 is 5.32 Å². The van der Waals surface area contributed by atoms with Crippen molar-refractivity contribution < 1.29 is 0 Å². The first-order chi connectivity index (χ1) is 6.84. The van der Waals surface area contributed by atoms with Crippen molar-refractivity contribution in [1.82, 2.24) is 9.97 Å². The number of aryl methyl sites for hydroxylation is 1. The average molecular weight is 189 g/mol. The molecular weight excluding hydrogens is 174 g/mol. The fourth-order valence-corrected chi connectivity index (χ4v) is 2.18. The largest absolute Gasteiger partial charge is 0.367 e. The summed E-state index contributed by atoms with van der Waals surface area (Å²) in [5.41, 5.74) is 2.63. The maximum Gasteiger partial charge on any atom is 0.133 e. The Morgan fingerprint density at radius 1 is 1.36 bits per heavy atom. The molecule has 1 heterocycles. The second-order valence-corrected chi connectivity index (χ2v) is 4.46. The molecule has 2 unspecified atom stereocenters. The topological polar surface area (TPSA) is 37.8 Å². The van der Waals surface area contributed by atoms with E-state index in [9.17, 15) is 0 Å². The van der Waals surface area contributed by atoms with Crippen molar-refractivity contribution in [2.24, 2.45) is 5.92 Å². The maximum atomic E-state index is 4.34. The van der Waals surface area contributed by atoms with Crippen molar-refractivity contribution in [3.05, 3.63) is 17.6 Å². The van der Waals surface area contributed by atoms with Crippen LogP contribution in [0.5, 0.6) is 0 Å². The minimum Gasteiger partial charge on any atom is -0.367 e. The van der Waals surface area contributed by atoms with Crippen LogP contribution in [-0.4, -0.2) is 16.0 Å². The van der Waals surface area contributed by atoms with Gasteiger partial charge in [0.05, 0.1) is 0 Å². The molecule has 0 amide bonds. The highest BCUT2D eigenvalue weighted by Gasteiger charge is 2.33. The van der Waals surface area contributed by atoms with Gasteiger partial charge in [0, 0.05) is 17.3 Å². The molecule has 1 aromatic rings. The van der Waals surface area contributed by atoms with Crippen molar-refractivity contribution in [3.8, 4) is 0 Å². The Morgan fingerprint density at radius 3 is 3.00 bits per heavy atom. The number of hydrogen-bond acceptors (Lipinski definition) is 3. The molecule has 0 saturated heterocycles. The van der Waals surface area contributed by atoms with E-state index in [2.05, 4.69) is 22.2 Å². The van der Waals surface area contributed by atoms with Crippen molar-refractivity contribution in [2.75, 3.05) is 5.32 Å². The van der Waals surface area contributed by atoms with E-state index >= 15 is 0 Å². The molecule has 2 aliphatic rings. The SMILES string of the molecule is CC1CC1Nc1ncnc2c1CCC2. The predicted molar refractivity (Wildman–Crippen MR) is 55.2 cm³/mol. The molecule has 0 radical (unpaired) electrons. The Morgan fingerprint density at radius 2 is 2.21 bits per heavy atom. The van der Waals surface area contributed by atoms with E-state index in [1.807, 2.05) is 0 Å². The molecule has 0 spiro atoms. The van der Waals surface area contributed by atoms with E-state index in [-0.39, 0.29) is 0 Å². The van der Waals surface area contributed by atoms with E-state index in [0.717, 1.165) is 24.6 Å². The molecule has 2 atom stereocenters. The van der Waals surface area contributed by atoms with Crippen LogP contribution in [0.15, 0.2) is 6.33 Å². The van der Waals surface area contributed by atoms with Gasteiger partial charge >= 0.3 is 0 Å². The number of nitrogens with one attached hydrogen (secondary N) is 1. The molecule has 14 heavy (non-hydrogen) atoms. The molecule has 1 N–H and O–H groups in total. The van der Waals surface area contributed by atoms with Crippen LogP contribution in [0.25, 0.3) is 0 Å². The van der Waals surface area contributed by atoms with E-state index in [0.29, 0.717) is 6.04 Å². The van der Waals surface area contributed by atoms with Gasteiger partial charge in [-0.25, -0.2) is 9.97 Å². The third-order valence-electron chi connectivity index (χ3n) is 3.31. The van der Waals surface area contributed by atoms with Crippen LogP contribution in [0.2, 0.25) is 0 Å². The molecule has 3 rings (SSSR count). The summed E-state index contributed by atoms with van der Waals surface area (Å²) < 4.78 is 0. The Hall–Kier alpha value is -1.12. The first kappa shape index (κ1) is 8.21. The third-order valence-corrected chi connectivity index (χ3v) is 3.31. The Balaban J connectivity index is 1.87. The van der Waals surface area contributed by atoms with Crippen LogP contribution in [-0.2, 0) is 12.8 Å². The van der Waals surface area contributed by atoms with Crippen LogP contribution in [0.1, 0.15) is 31.0 Å². The minimum atomic E-state index is 0.662. The smallest absolute Gasteiger partial charge is 0.133 e. The van der Waals surface area contributed by atoms with Gasteiger partial charge in [-0.15, -0.1) is 0 Å². The van der Waals surface area contributed by atoms with Crippen LogP contribution in [0, 0.1) is 5.92 Å². The summed E-state index contributed by atoms with van der Waals surface area (Å²) in [5, 5.41) is 3.51. The van der Waals surface area contributed by atoms with E-state index in [4.69, 9.17) is 0 Å². The summed E-state index contributed by atoms with van der Waals surface area (Å²) in [6.45, 7) is 2.28. The monoisotopic (exact) mass is 189 g/mol. The highest BCUT2D eigenvalue weighted by atomic mass is 15.1. The molecule has 3 nitrogen and oxygen atoms in total. The Bertz CT molecular complexity index is 362. The normalized spacial score (nSPS) is 28.6. The predicted octanol–water partition coefficient (Wildman–Crippen LogP) is 1.79.